The van der Waals surface area contributed by atoms with E-state index in [9.17, 15) is 9.59 Å². The van der Waals surface area contributed by atoms with Crippen LogP contribution in [0.25, 0.3) is 0 Å². The Balaban J connectivity index is 1.25. The molecule has 0 radical (unpaired) electrons. The average Bonchev–Trinajstić information content (AvgIpc) is 3.27. The van der Waals surface area contributed by atoms with Gasteiger partial charge in [0.1, 0.15) is 6.10 Å². The van der Waals surface area contributed by atoms with E-state index >= 15 is 0 Å². The first-order valence-corrected chi connectivity index (χ1v) is 14.4. The van der Waals surface area contributed by atoms with E-state index in [0.29, 0.717) is 42.1 Å². The third-order valence-electron chi connectivity index (χ3n) is 11.8. The average molecular weight is 488 g/mol. The van der Waals surface area contributed by atoms with Gasteiger partial charge in [0.25, 0.3) is 5.91 Å². The molecule has 0 unspecified atom stereocenters. The lowest BCUT2D eigenvalue weighted by Crippen LogP contribution is -2.56. The minimum atomic E-state index is -1.09. The highest BCUT2D eigenvalue weighted by Gasteiger charge is 2.66. The predicted octanol–water partition coefficient (Wildman–Crippen LogP) is 4.84. The minimum absolute atomic E-state index is 0.0601. The van der Waals surface area contributed by atoms with Crippen LogP contribution in [0, 0.1) is 46.3 Å². The van der Waals surface area contributed by atoms with Crippen LogP contribution in [-0.4, -0.2) is 42.5 Å². The molecule has 6 aliphatic rings. The second kappa shape index (κ2) is 8.18. The number of esters is 1. The van der Waals surface area contributed by atoms with E-state index in [2.05, 4.69) is 33.0 Å². The van der Waals surface area contributed by atoms with Crippen molar-refractivity contribution >= 4 is 11.9 Å². The number of amides is 1. The normalized spacial score (nSPS) is 55.2. The van der Waals surface area contributed by atoms with Gasteiger partial charge in [-0.25, -0.2) is 0 Å². The first-order chi connectivity index (χ1) is 16.6. The maximum atomic E-state index is 13.2. The third kappa shape index (κ3) is 3.55. The monoisotopic (exact) mass is 487 g/mol. The highest BCUT2D eigenvalue weighted by molar-refractivity contribution is 5.84. The molecule has 4 aliphatic carbocycles. The van der Waals surface area contributed by atoms with E-state index in [4.69, 9.17) is 14.2 Å². The van der Waals surface area contributed by atoms with Crippen molar-refractivity contribution in [3.05, 3.63) is 0 Å². The molecule has 4 saturated carbocycles. The van der Waals surface area contributed by atoms with E-state index in [0.717, 1.165) is 31.1 Å². The zero-order valence-corrected chi connectivity index (χ0v) is 22.3. The number of rotatable bonds is 1. The number of carbonyl (C=O) groups is 2. The topological polar surface area (TPSA) is 73.9 Å². The van der Waals surface area contributed by atoms with Crippen molar-refractivity contribution in [3.63, 3.8) is 0 Å². The van der Waals surface area contributed by atoms with Gasteiger partial charge in [-0.1, -0.05) is 20.8 Å². The van der Waals surface area contributed by atoms with Crippen molar-refractivity contribution in [3.8, 4) is 0 Å². The zero-order valence-electron chi connectivity index (χ0n) is 22.3. The van der Waals surface area contributed by atoms with Crippen molar-refractivity contribution in [2.75, 3.05) is 6.61 Å². The highest BCUT2D eigenvalue weighted by Crippen LogP contribution is 2.68. The van der Waals surface area contributed by atoms with Gasteiger partial charge in [0.05, 0.1) is 12.7 Å². The van der Waals surface area contributed by atoms with Gasteiger partial charge in [-0.3, -0.25) is 9.59 Å². The molecule has 2 aliphatic heterocycles. The van der Waals surface area contributed by atoms with Crippen molar-refractivity contribution in [1.82, 2.24) is 5.32 Å². The number of nitrogens with one attached hydrogen (secondary N) is 1. The molecule has 2 saturated heterocycles. The molecule has 196 valence electrons. The molecular formula is C29H45NO5. The Labute approximate surface area is 210 Å². The van der Waals surface area contributed by atoms with Crippen molar-refractivity contribution in [2.45, 2.75) is 116 Å². The Bertz CT molecular complexity index is 892. The summed E-state index contributed by atoms with van der Waals surface area (Å²) in [4.78, 5) is 24.8. The Morgan fingerprint density at radius 1 is 1.03 bits per heavy atom. The summed E-state index contributed by atoms with van der Waals surface area (Å²) in [6, 6.07) is 0.101. The van der Waals surface area contributed by atoms with E-state index in [-0.39, 0.29) is 35.5 Å². The van der Waals surface area contributed by atoms with Crippen LogP contribution in [0.1, 0.15) is 92.4 Å². The van der Waals surface area contributed by atoms with E-state index in [1.54, 1.807) is 6.92 Å². The fraction of sp³-hybridized carbons (Fsp3) is 0.931. The Morgan fingerprint density at radius 2 is 1.80 bits per heavy atom. The molecule has 0 bridgehead atoms. The van der Waals surface area contributed by atoms with Crippen molar-refractivity contribution in [2.24, 2.45) is 46.3 Å². The molecule has 0 aromatic heterocycles. The van der Waals surface area contributed by atoms with Gasteiger partial charge in [-0.15, -0.1) is 0 Å². The molecule has 1 amide bonds. The molecule has 1 spiro atoms. The molecule has 0 aromatic carbocycles. The highest BCUT2D eigenvalue weighted by atomic mass is 16.7. The molecule has 1 N–H and O–H groups in total. The summed E-state index contributed by atoms with van der Waals surface area (Å²) in [6.07, 6.45) is 10.1. The lowest BCUT2D eigenvalue weighted by molar-refractivity contribution is -0.229. The third-order valence-corrected chi connectivity index (χ3v) is 11.8. The van der Waals surface area contributed by atoms with Crippen LogP contribution in [0.2, 0.25) is 0 Å². The standard InChI is InChI=1S/C29H45NO5/c1-16-14-29(33-15-16)26(32)30-17(2)25-24(35-29)13-23-21-7-6-19-12-20(34-18(3)31)8-10-27(19,4)22(21)9-11-28(23,25)5/h16-17,19-25H,6-15H2,1-5H3,(H,30,32)/t16-,17+,19-,20-,21-,22+,23+,24+,25+,27+,28+,29-/m1/s1. The first-order valence-electron chi connectivity index (χ1n) is 14.4. The summed E-state index contributed by atoms with van der Waals surface area (Å²) < 4.78 is 18.5. The number of ether oxygens (including phenoxy) is 3. The summed E-state index contributed by atoms with van der Waals surface area (Å²) in [7, 11) is 0. The summed E-state index contributed by atoms with van der Waals surface area (Å²) in [5.74, 6) is 2.14. The van der Waals surface area contributed by atoms with Crippen LogP contribution in [0.5, 0.6) is 0 Å². The van der Waals surface area contributed by atoms with Gasteiger partial charge >= 0.3 is 5.97 Å². The second-order valence-corrected chi connectivity index (χ2v) is 13.8. The summed E-state index contributed by atoms with van der Waals surface area (Å²) in [5.41, 5.74) is 0.532. The van der Waals surface area contributed by atoms with E-state index in [1.807, 2.05) is 0 Å². The summed E-state index contributed by atoms with van der Waals surface area (Å²) in [6.45, 7) is 11.5. The van der Waals surface area contributed by atoms with Gasteiger partial charge in [-0.2, -0.15) is 0 Å². The molecule has 35 heavy (non-hydrogen) atoms. The second-order valence-electron chi connectivity index (χ2n) is 13.8. The first kappa shape index (κ1) is 24.2. The largest absolute Gasteiger partial charge is 0.463 e. The number of carbonyl (C=O) groups excluding carboxylic acids is 2. The number of fused-ring (bicyclic) bond motifs is 7. The van der Waals surface area contributed by atoms with Crippen LogP contribution in [0.3, 0.4) is 0 Å². The van der Waals surface area contributed by atoms with Crippen LogP contribution >= 0.6 is 0 Å². The fourth-order valence-electron chi connectivity index (χ4n) is 10.4. The number of hydrogen-bond acceptors (Lipinski definition) is 5. The molecule has 0 aromatic rings. The predicted molar refractivity (Wildman–Crippen MR) is 131 cm³/mol. The van der Waals surface area contributed by atoms with Crippen molar-refractivity contribution < 1.29 is 23.8 Å². The smallest absolute Gasteiger partial charge is 0.302 e. The van der Waals surface area contributed by atoms with Crippen LogP contribution in [0.4, 0.5) is 0 Å². The quantitative estimate of drug-likeness (QED) is 0.536. The Kier molecular flexibility index (Phi) is 5.66. The van der Waals surface area contributed by atoms with Gasteiger partial charge in [0.2, 0.25) is 5.79 Å². The number of hydrogen-bond donors (Lipinski definition) is 1. The summed E-state index contributed by atoms with van der Waals surface area (Å²) in [5, 5.41) is 3.34. The molecule has 6 rings (SSSR count). The molecule has 6 nitrogen and oxygen atoms in total. The van der Waals surface area contributed by atoms with Crippen molar-refractivity contribution in [1.29, 1.82) is 0 Å². The Morgan fingerprint density at radius 3 is 2.51 bits per heavy atom. The van der Waals surface area contributed by atoms with Gasteiger partial charge in [0.15, 0.2) is 0 Å². The fourth-order valence-corrected chi connectivity index (χ4v) is 10.4. The van der Waals surface area contributed by atoms with Gasteiger partial charge in [0, 0.05) is 25.3 Å². The molecule has 2 heterocycles. The van der Waals surface area contributed by atoms with Crippen LogP contribution < -0.4 is 5.32 Å². The maximum Gasteiger partial charge on any atom is 0.302 e. The maximum absolute atomic E-state index is 13.2. The molecule has 6 heteroatoms. The van der Waals surface area contributed by atoms with Gasteiger partial charge in [-0.05, 0) is 98.7 Å². The zero-order chi connectivity index (χ0) is 24.8. The Hall–Kier alpha value is -1.14. The SMILES string of the molecule is CC(=O)O[C@@H]1CC[C@@]2(C)[C@H](CC[C@@H]3[C@@H]2CC[C@]2(C)[C@H]4[C@H](C)NC(=O)[C@@]5(C[C@@H](C)CO5)O[C@H]4C[C@@H]32)C1. The molecule has 6 fully saturated rings. The van der Waals surface area contributed by atoms with Crippen LogP contribution in [0.15, 0.2) is 0 Å². The van der Waals surface area contributed by atoms with E-state index in [1.165, 1.54) is 32.1 Å². The van der Waals surface area contributed by atoms with E-state index < -0.39 is 5.79 Å². The molecule has 12 atom stereocenters. The van der Waals surface area contributed by atoms with Gasteiger partial charge < -0.3 is 19.5 Å². The lowest BCUT2D eigenvalue weighted by atomic mass is 9.44. The van der Waals surface area contributed by atoms with Crippen LogP contribution in [-0.2, 0) is 23.8 Å². The molecular weight excluding hydrogens is 442 g/mol. The summed E-state index contributed by atoms with van der Waals surface area (Å²) >= 11 is 0. The lowest BCUT2D eigenvalue weighted by Gasteiger charge is -2.61. The minimum Gasteiger partial charge on any atom is -0.463 e.